The van der Waals surface area contributed by atoms with E-state index in [9.17, 15) is 0 Å². The first-order valence-corrected chi connectivity index (χ1v) is 15.3. The molecule has 0 fully saturated rings. The summed E-state index contributed by atoms with van der Waals surface area (Å²) in [5, 5.41) is 21.0. The van der Waals surface area contributed by atoms with Crippen molar-refractivity contribution in [2.45, 2.75) is 0 Å². The first kappa shape index (κ1) is 24.0. The fourth-order valence-electron chi connectivity index (χ4n) is 7.13. The van der Waals surface area contributed by atoms with Crippen LogP contribution in [0.2, 0.25) is 0 Å². The monoisotopic (exact) mass is 645 g/mol. The molecule has 2 heteroatoms. The molecular formula is C40H24IN. The van der Waals surface area contributed by atoms with E-state index in [1.807, 2.05) is 0 Å². The van der Waals surface area contributed by atoms with E-state index in [4.69, 9.17) is 5.73 Å². The largest absolute Gasteiger partial charge is 0.398 e. The second-order valence-corrected chi connectivity index (χ2v) is 12.4. The van der Waals surface area contributed by atoms with E-state index in [1.165, 1.54) is 84.4 Å². The third-order valence-corrected chi connectivity index (χ3v) is 9.85. The minimum Gasteiger partial charge on any atom is -0.398 e. The molecule has 0 aliphatic carbocycles. The van der Waals surface area contributed by atoms with Gasteiger partial charge in [-0.1, -0.05) is 109 Å². The van der Waals surface area contributed by atoms with Crippen molar-refractivity contribution in [1.82, 2.24) is 0 Å². The number of fused-ring (bicyclic) bond motifs is 4. The van der Waals surface area contributed by atoms with Crippen molar-refractivity contribution in [2.75, 3.05) is 5.73 Å². The summed E-state index contributed by atoms with van der Waals surface area (Å²) in [5.74, 6) is 0. The molecule has 2 N–H and O–H groups in total. The van der Waals surface area contributed by atoms with Gasteiger partial charge >= 0.3 is 0 Å². The van der Waals surface area contributed by atoms with Crippen molar-refractivity contribution in [1.29, 1.82) is 0 Å². The Balaban J connectivity index is 0.000000119. The SMILES string of the molecule is Ic1cc2cccc3ccc4c5ccccc5cc1c4c32.Nc1cc2cccc3ccc4c5ccccc5cc1c4c32. The second-order valence-electron chi connectivity index (χ2n) is 11.2. The molecule has 0 unspecified atom stereocenters. The number of benzene rings is 10. The van der Waals surface area contributed by atoms with E-state index in [1.54, 1.807) is 0 Å². The van der Waals surface area contributed by atoms with Gasteiger partial charge in [-0.3, -0.25) is 0 Å². The van der Waals surface area contributed by atoms with Gasteiger partial charge in [0.1, 0.15) is 0 Å². The summed E-state index contributed by atoms with van der Waals surface area (Å²) in [6.07, 6.45) is 0. The number of hydrogen-bond acceptors (Lipinski definition) is 1. The molecule has 0 aromatic heterocycles. The smallest absolute Gasteiger partial charge is 0.0400 e. The van der Waals surface area contributed by atoms with Gasteiger partial charge in [0, 0.05) is 20.0 Å². The minimum absolute atomic E-state index is 0.858. The van der Waals surface area contributed by atoms with Crippen LogP contribution in [0.5, 0.6) is 0 Å². The van der Waals surface area contributed by atoms with Crippen molar-refractivity contribution in [2.24, 2.45) is 0 Å². The molecule has 10 rings (SSSR count). The lowest BCUT2D eigenvalue weighted by atomic mass is 9.90. The third kappa shape index (κ3) is 3.36. The summed E-state index contributed by atoms with van der Waals surface area (Å²) in [7, 11) is 0. The van der Waals surface area contributed by atoms with Crippen molar-refractivity contribution >= 4 is 114 Å². The first-order chi connectivity index (χ1) is 20.7. The number of nitrogen functional groups attached to an aromatic ring is 1. The second kappa shape index (κ2) is 8.91. The highest BCUT2D eigenvalue weighted by atomic mass is 127. The molecule has 0 bridgehead atoms. The van der Waals surface area contributed by atoms with E-state index >= 15 is 0 Å². The molecule has 0 saturated carbocycles. The summed E-state index contributed by atoms with van der Waals surface area (Å²) in [4.78, 5) is 0. The van der Waals surface area contributed by atoms with Crippen LogP contribution in [-0.2, 0) is 0 Å². The lowest BCUT2D eigenvalue weighted by Crippen LogP contribution is -1.91. The third-order valence-electron chi connectivity index (χ3n) is 8.96. The molecular weight excluding hydrogens is 621 g/mol. The molecule has 0 aliphatic heterocycles. The average Bonchev–Trinajstić information content (AvgIpc) is 3.03. The van der Waals surface area contributed by atoms with Gasteiger partial charge in [0.15, 0.2) is 0 Å². The van der Waals surface area contributed by atoms with Crippen LogP contribution in [0, 0.1) is 3.57 Å². The Morgan fingerprint density at radius 1 is 0.333 bits per heavy atom. The van der Waals surface area contributed by atoms with Gasteiger partial charge in [-0.2, -0.15) is 0 Å². The summed E-state index contributed by atoms with van der Waals surface area (Å²) in [6, 6.07) is 48.1. The maximum Gasteiger partial charge on any atom is 0.0400 e. The number of hydrogen-bond donors (Lipinski definition) is 1. The highest BCUT2D eigenvalue weighted by molar-refractivity contribution is 14.1. The van der Waals surface area contributed by atoms with Crippen LogP contribution in [0.25, 0.3) is 86.2 Å². The molecule has 10 aromatic rings. The van der Waals surface area contributed by atoms with Crippen LogP contribution in [0.4, 0.5) is 5.69 Å². The van der Waals surface area contributed by atoms with Crippen molar-refractivity contribution in [3.63, 3.8) is 0 Å². The van der Waals surface area contributed by atoms with Gasteiger partial charge in [-0.15, -0.1) is 0 Å². The fraction of sp³-hybridized carbons (Fsp3) is 0. The molecule has 0 spiro atoms. The van der Waals surface area contributed by atoms with Gasteiger partial charge in [0.25, 0.3) is 0 Å². The highest BCUT2D eigenvalue weighted by Gasteiger charge is 2.14. The number of nitrogens with two attached hydrogens (primary N) is 1. The summed E-state index contributed by atoms with van der Waals surface area (Å²) >= 11 is 2.47. The topological polar surface area (TPSA) is 26.0 Å². The predicted octanol–water partition coefficient (Wildman–Crippen LogP) is 11.7. The van der Waals surface area contributed by atoms with Crippen molar-refractivity contribution < 1.29 is 0 Å². The Labute approximate surface area is 256 Å². The highest BCUT2D eigenvalue weighted by Crippen LogP contribution is 2.42. The molecule has 10 aromatic carbocycles. The van der Waals surface area contributed by atoms with Gasteiger partial charge in [-0.05, 0) is 122 Å². The van der Waals surface area contributed by atoms with Crippen LogP contribution in [0.3, 0.4) is 0 Å². The maximum absolute atomic E-state index is 6.33. The summed E-state index contributed by atoms with van der Waals surface area (Å²) in [6.45, 7) is 0. The average molecular weight is 646 g/mol. The van der Waals surface area contributed by atoms with E-state index in [2.05, 4.69) is 156 Å². The minimum atomic E-state index is 0.858. The van der Waals surface area contributed by atoms with Gasteiger partial charge in [0.2, 0.25) is 0 Å². The summed E-state index contributed by atoms with van der Waals surface area (Å²) in [5.41, 5.74) is 7.19. The molecule has 0 heterocycles. The predicted molar refractivity (Wildman–Crippen MR) is 192 cm³/mol. The molecule has 196 valence electrons. The summed E-state index contributed by atoms with van der Waals surface area (Å²) < 4.78 is 1.33. The standard InChI is InChI=1S/C20H11I.C20H13N/c2*21-18-11-14-6-3-5-12-8-9-16-15-7-2-1-4-13(15)10-17(18)20(16)19(12)14/h1-11H;1-11H,21H2. The van der Waals surface area contributed by atoms with E-state index < -0.39 is 0 Å². The van der Waals surface area contributed by atoms with Gasteiger partial charge in [0.05, 0.1) is 0 Å². The molecule has 0 aliphatic rings. The number of anilines is 1. The zero-order chi connectivity index (χ0) is 27.9. The maximum atomic E-state index is 6.33. The lowest BCUT2D eigenvalue weighted by Gasteiger charge is -2.14. The van der Waals surface area contributed by atoms with Crippen LogP contribution >= 0.6 is 22.6 Å². The van der Waals surface area contributed by atoms with Crippen LogP contribution in [0.1, 0.15) is 0 Å². The van der Waals surface area contributed by atoms with Crippen molar-refractivity contribution in [3.05, 3.63) is 137 Å². The van der Waals surface area contributed by atoms with E-state index in [0.29, 0.717) is 0 Å². The molecule has 0 radical (unpaired) electrons. The van der Waals surface area contributed by atoms with Crippen LogP contribution < -0.4 is 5.73 Å². The Bertz CT molecular complexity index is 2460. The zero-order valence-electron chi connectivity index (χ0n) is 22.7. The molecule has 42 heavy (non-hydrogen) atoms. The van der Waals surface area contributed by atoms with Crippen LogP contribution in [-0.4, -0.2) is 0 Å². The normalized spacial score (nSPS) is 12.0. The zero-order valence-corrected chi connectivity index (χ0v) is 24.8. The van der Waals surface area contributed by atoms with E-state index in [-0.39, 0.29) is 0 Å². The Morgan fingerprint density at radius 3 is 1.43 bits per heavy atom. The van der Waals surface area contributed by atoms with Gasteiger partial charge in [-0.25, -0.2) is 0 Å². The molecule has 1 nitrogen and oxygen atoms in total. The van der Waals surface area contributed by atoms with Crippen molar-refractivity contribution in [3.8, 4) is 0 Å². The van der Waals surface area contributed by atoms with E-state index in [0.717, 1.165) is 11.1 Å². The lowest BCUT2D eigenvalue weighted by molar-refractivity contribution is 1.76. The Hall–Kier alpha value is -4.67. The quantitative estimate of drug-likeness (QED) is 0.0755. The Morgan fingerprint density at radius 2 is 0.810 bits per heavy atom. The number of halogens is 1. The van der Waals surface area contributed by atoms with Gasteiger partial charge < -0.3 is 5.73 Å². The first-order valence-electron chi connectivity index (χ1n) is 14.3. The molecule has 0 saturated heterocycles. The molecule has 0 atom stereocenters. The Kier molecular flexibility index (Phi) is 5.09. The van der Waals surface area contributed by atoms with Crippen LogP contribution in [0.15, 0.2) is 133 Å². The number of rotatable bonds is 0. The fourth-order valence-corrected chi connectivity index (χ4v) is 7.89. The molecule has 0 amide bonds.